The van der Waals surface area contributed by atoms with Crippen LogP contribution in [-0.2, 0) is 16.0 Å². The molecule has 10 rings (SSSR count). The van der Waals surface area contributed by atoms with Gasteiger partial charge in [0.1, 0.15) is 23.3 Å². The zero-order valence-corrected chi connectivity index (χ0v) is 38.1. The Labute approximate surface area is 383 Å². The number of hydrogen-bond acceptors (Lipinski definition) is 11. The van der Waals surface area contributed by atoms with Gasteiger partial charge in [0.25, 0.3) is 11.1 Å². The highest BCUT2D eigenvalue weighted by Crippen LogP contribution is 2.34. The summed E-state index contributed by atoms with van der Waals surface area (Å²) in [5.41, 5.74) is 2.31. The van der Waals surface area contributed by atoms with Crippen molar-refractivity contribution in [2.24, 2.45) is 11.8 Å². The number of benzene rings is 2. The molecule has 334 valence electrons. The first-order chi connectivity index (χ1) is 30.5. The van der Waals surface area contributed by atoms with Crippen LogP contribution in [0.2, 0.25) is 20.1 Å². The van der Waals surface area contributed by atoms with E-state index in [-0.39, 0.29) is 28.9 Å². The Hall–Kier alpha value is -4.19. The van der Waals surface area contributed by atoms with Crippen LogP contribution in [0.4, 0.5) is 0 Å². The number of carbonyl (C=O) groups is 1. The van der Waals surface area contributed by atoms with Crippen LogP contribution in [-0.4, -0.2) is 103 Å². The van der Waals surface area contributed by atoms with Crippen molar-refractivity contribution in [1.82, 2.24) is 49.4 Å². The molecular weight excluding hydrogens is 890 g/mol. The number of hydrogen-bond donors (Lipinski definition) is 3. The van der Waals surface area contributed by atoms with E-state index < -0.39 is 0 Å². The molecule has 4 unspecified atom stereocenters. The summed E-state index contributed by atoms with van der Waals surface area (Å²) in [6, 6.07) is 10.4. The summed E-state index contributed by atoms with van der Waals surface area (Å²) in [4.78, 5) is 52.7. The Morgan fingerprint density at radius 3 is 1.75 bits per heavy atom. The number of carbonyl (C=O) groups excluding carboxylic acids is 1. The van der Waals surface area contributed by atoms with Crippen LogP contribution in [0.3, 0.4) is 0 Å². The first kappa shape index (κ1) is 45.4. The Balaban J connectivity index is 0.000000147. The van der Waals surface area contributed by atoms with Gasteiger partial charge in [-0.15, -0.1) is 0 Å². The van der Waals surface area contributed by atoms with Crippen molar-refractivity contribution in [1.29, 1.82) is 0 Å². The average Bonchev–Trinajstić information content (AvgIpc) is 4.09. The van der Waals surface area contributed by atoms with Crippen molar-refractivity contribution in [2.75, 3.05) is 52.6 Å². The molecule has 0 amide bonds. The molecule has 4 fully saturated rings. The fourth-order valence-corrected chi connectivity index (χ4v) is 9.81. The lowest BCUT2D eigenvalue weighted by atomic mass is 9.97. The van der Waals surface area contributed by atoms with E-state index in [1.54, 1.807) is 39.6 Å². The maximum absolute atomic E-state index is 12.8. The first-order valence-electron chi connectivity index (χ1n) is 21.4. The van der Waals surface area contributed by atoms with Gasteiger partial charge in [-0.25, -0.2) is 19.0 Å². The van der Waals surface area contributed by atoms with E-state index in [0.29, 0.717) is 60.7 Å². The smallest absolute Gasteiger partial charge is 0.276 e. The normalized spacial score (nSPS) is 22.2. The quantitative estimate of drug-likeness (QED) is 0.137. The fourth-order valence-electron chi connectivity index (χ4n) is 8.88. The number of likely N-dealkylation sites (tertiary alicyclic amines) is 1. The number of imidazole rings is 2. The number of aromatic nitrogens is 8. The summed E-state index contributed by atoms with van der Waals surface area (Å²) in [7, 11) is 0. The number of aromatic amines is 2. The van der Waals surface area contributed by atoms with E-state index in [1.807, 2.05) is 12.1 Å². The second-order valence-electron chi connectivity index (χ2n) is 16.8. The first-order valence-corrected chi connectivity index (χ1v) is 22.9. The molecule has 4 aliphatic rings. The summed E-state index contributed by atoms with van der Waals surface area (Å²) in [5, 5.41) is 15.2. The number of nitrogens with zero attached hydrogens (tertiary/aromatic N) is 7. The molecule has 8 heterocycles. The van der Waals surface area contributed by atoms with Crippen LogP contribution in [0, 0.1) is 11.8 Å². The van der Waals surface area contributed by atoms with Gasteiger partial charge in [-0.3, -0.25) is 19.3 Å². The van der Waals surface area contributed by atoms with E-state index in [9.17, 15) is 14.4 Å². The molecule has 4 aromatic heterocycles. The molecule has 2 aromatic carbocycles. The van der Waals surface area contributed by atoms with E-state index >= 15 is 0 Å². The van der Waals surface area contributed by atoms with Gasteiger partial charge in [0, 0.05) is 96.9 Å². The van der Waals surface area contributed by atoms with Gasteiger partial charge in [-0.2, -0.15) is 10.2 Å². The second-order valence-corrected chi connectivity index (χ2v) is 18.5. The summed E-state index contributed by atoms with van der Waals surface area (Å²) in [5.74, 6) is 5.03. The molecule has 0 radical (unpaired) electrons. The van der Waals surface area contributed by atoms with Gasteiger partial charge in [-0.1, -0.05) is 66.3 Å². The van der Waals surface area contributed by atoms with E-state index in [4.69, 9.17) is 66.1 Å². The standard InChI is InChI=1S/C22H25Cl2N5O2.C15H21N5O2.C7H4Cl2O/c1-13-10-28(11-15-2-3-16(23)8-18(15)24)12-17(13)20-26-22(30)19-9-25-21(29(19)27-20)14-4-6-31-7-5-14;1-9-6-16-7-11(9)13-18-15(21)12-8-17-14(20(12)19-13)10-2-4-22-5-3-10;8-6-2-1-5(4-10)7(9)3-6/h2-3,8-9,13-14,17H,4-7,10-12H2,1H3,(H,26,27,30);8-11,16H,2-7H2,1H3,(H,18,19,21);1-4H. The zero-order chi connectivity index (χ0) is 44.2. The lowest BCUT2D eigenvalue weighted by molar-refractivity contribution is 0.0831. The van der Waals surface area contributed by atoms with Crippen LogP contribution < -0.4 is 16.4 Å². The summed E-state index contributed by atoms with van der Waals surface area (Å²) < 4.78 is 14.4. The Kier molecular flexibility index (Phi) is 14.6. The molecule has 15 nitrogen and oxygen atoms in total. The molecule has 6 aromatic rings. The van der Waals surface area contributed by atoms with Crippen molar-refractivity contribution in [3.8, 4) is 0 Å². The van der Waals surface area contributed by atoms with Crippen molar-refractivity contribution in [3.63, 3.8) is 0 Å². The molecule has 4 saturated heterocycles. The number of ether oxygens (including phenoxy) is 2. The van der Waals surface area contributed by atoms with Gasteiger partial charge in [0.15, 0.2) is 17.3 Å². The Morgan fingerprint density at radius 2 is 1.24 bits per heavy atom. The summed E-state index contributed by atoms with van der Waals surface area (Å²) >= 11 is 23.6. The topological polar surface area (TPSA) is 177 Å². The minimum absolute atomic E-state index is 0.102. The van der Waals surface area contributed by atoms with Crippen LogP contribution in [0.5, 0.6) is 0 Å². The predicted octanol–water partition coefficient (Wildman–Crippen LogP) is 7.29. The number of H-pyrrole nitrogens is 2. The molecule has 0 bridgehead atoms. The minimum Gasteiger partial charge on any atom is -0.381 e. The maximum atomic E-state index is 12.8. The molecular formula is C44H50Cl4N10O5. The fraction of sp³-hybridized carbons (Fsp3) is 0.477. The highest BCUT2D eigenvalue weighted by atomic mass is 35.5. The molecule has 3 N–H and O–H groups in total. The lowest BCUT2D eigenvalue weighted by Crippen LogP contribution is -2.24. The maximum Gasteiger partial charge on any atom is 0.276 e. The van der Waals surface area contributed by atoms with Crippen LogP contribution in [0.15, 0.2) is 58.4 Å². The van der Waals surface area contributed by atoms with Crippen molar-refractivity contribution in [3.05, 3.63) is 124 Å². The summed E-state index contributed by atoms with van der Waals surface area (Å²) in [6.45, 7) is 11.6. The van der Waals surface area contributed by atoms with E-state index in [0.717, 1.165) is 114 Å². The third kappa shape index (κ3) is 10.4. The Bertz CT molecular complexity index is 2670. The van der Waals surface area contributed by atoms with E-state index in [1.165, 1.54) is 6.07 Å². The SMILES string of the molecule is CC1CN(Cc2ccc(Cl)cc2Cl)CC1c1nn2c(C3CCOCC3)ncc2c(=O)[nH]1.CC1CNCC1c1nn2c(C3CCOCC3)ncc2c(=O)[nH]1.O=Cc1ccc(Cl)cc1Cl. The molecule has 0 aliphatic carbocycles. The number of nitrogens with one attached hydrogen (secondary N) is 3. The van der Waals surface area contributed by atoms with Gasteiger partial charge in [0.05, 0.1) is 17.4 Å². The monoisotopic (exact) mass is 938 g/mol. The van der Waals surface area contributed by atoms with Crippen LogP contribution in [0.25, 0.3) is 11.0 Å². The van der Waals surface area contributed by atoms with Crippen LogP contribution in [0.1, 0.15) is 102 Å². The number of aldehydes is 1. The van der Waals surface area contributed by atoms with Gasteiger partial charge >= 0.3 is 0 Å². The van der Waals surface area contributed by atoms with Gasteiger partial charge in [-0.05, 0) is 80.0 Å². The van der Waals surface area contributed by atoms with E-state index in [2.05, 4.69) is 44.0 Å². The predicted molar refractivity (Wildman–Crippen MR) is 243 cm³/mol. The molecule has 4 aliphatic heterocycles. The highest BCUT2D eigenvalue weighted by Gasteiger charge is 2.34. The number of halogens is 4. The molecule has 4 atom stereocenters. The molecule has 63 heavy (non-hydrogen) atoms. The van der Waals surface area contributed by atoms with Gasteiger partial charge < -0.3 is 24.8 Å². The second kappa shape index (κ2) is 20.3. The Morgan fingerprint density at radius 1 is 0.698 bits per heavy atom. The summed E-state index contributed by atoms with van der Waals surface area (Å²) in [6.07, 6.45) is 7.63. The van der Waals surface area contributed by atoms with Crippen molar-refractivity contribution < 1.29 is 14.3 Å². The molecule has 0 spiro atoms. The van der Waals surface area contributed by atoms with Crippen molar-refractivity contribution >= 4 is 63.7 Å². The minimum atomic E-state index is -0.137. The zero-order valence-electron chi connectivity index (χ0n) is 35.0. The number of rotatable bonds is 7. The van der Waals surface area contributed by atoms with Gasteiger partial charge in [0.2, 0.25) is 0 Å². The van der Waals surface area contributed by atoms with Crippen LogP contribution >= 0.6 is 46.4 Å². The molecule has 19 heteroatoms. The third-order valence-electron chi connectivity index (χ3n) is 12.5. The highest BCUT2D eigenvalue weighted by molar-refractivity contribution is 6.36. The van der Waals surface area contributed by atoms with Crippen molar-refractivity contribution in [2.45, 2.75) is 69.7 Å². The number of fused-ring (bicyclic) bond motifs is 2. The third-order valence-corrected chi connectivity index (χ3v) is 13.6. The molecule has 0 saturated carbocycles. The lowest BCUT2D eigenvalue weighted by Gasteiger charge is -2.21. The largest absolute Gasteiger partial charge is 0.381 e. The average molecular weight is 941 g/mol.